The van der Waals surface area contributed by atoms with Gasteiger partial charge in [0.2, 0.25) is 0 Å². The lowest BCUT2D eigenvalue weighted by Crippen LogP contribution is -2.24. The Balaban J connectivity index is 1.61. The minimum Gasteiger partial charge on any atom is -0.467 e. The van der Waals surface area contributed by atoms with Crippen molar-refractivity contribution >= 4 is 39.9 Å². The Bertz CT molecular complexity index is 1410. The van der Waals surface area contributed by atoms with E-state index in [1.165, 1.54) is 0 Å². The third kappa shape index (κ3) is 3.56. The summed E-state index contributed by atoms with van der Waals surface area (Å²) in [6, 6.07) is 16.7. The topological polar surface area (TPSA) is 123 Å². The van der Waals surface area contributed by atoms with E-state index >= 15 is 0 Å². The fourth-order valence-corrected chi connectivity index (χ4v) is 3.58. The van der Waals surface area contributed by atoms with Crippen LogP contribution in [-0.4, -0.2) is 27.4 Å². The molecule has 0 fully saturated rings. The van der Waals surface area contributed by atoms with Crippen LogP contribution in [0.5, 0.6) is 0 Å². The van der Waals surface area contributed by atoms with E-state index in [4.69, 9.17) is 15.1 Å². The molecule has 0 bridgehead atoms. The monoisotopic (exact) mass is 427 g/mol. The van der Waals surface area contributed by atoms with Gasteiger partial charge in [-0.3, -0.25) is 4.40 Å². The minimum absolute atomic E-state index is 0.269. The lowest BCUT2D eigenvalue weighted by Gasteiger charge is -2.12. The summed E-state index contributed by atoms with van der Waals surface area (Å²) in [6.45, 7) is 0.478. The van der Waals surface area contributed by atoms with E-state index in [1.54, 1.807) is 13.3 Å². The summed E-state index contributed by atoms with van der Waals surface area (Å²) in [7, 11) is 1.57. The third-order valence-corrected chi connectivity index (χ3v) is 5.12. The lowest BCUT2D eigenvalue weighted by molar-refractivity contribution is 0.254. The summed E-state index contributed by atoms with van der Waals surface area (Å²) in [4.78, 5) is 21.0. The first-order valence-electron chi connectivity index (χ1n) is 10.0. The SMILES string of the molecule is CNC(=O)Nc1ccc(-c2cnc3c(NCc4ccco4)nc4cc(N)ccc4n23)cc1. The highest BCUT2D eigenvalue weighted by atomic mass is 16.3. The predicted octanol–water partition coefficient (Wildman–Crippen LogP) is 4.09. The van der Waals surface area contributed by atoms with E-state index in [0.717, 1.165) is 28.1 Å². The van der Waals surface area contributed by atoms with Crippen molar-refractivity contribution in [2.75, 3.05) is 23.4 Å². The molecule has 0 saturated carbocycles. The van der Waals surface area contributed by atoms with Crippen molar-refractivity contribution in [1.82, 2.24) is 19.7 Å². The summed E-state index contributed by atoms with van der Waals surface area (Å²) in [5.74, 6) is 1.42. The number of hydrogen-bond acceptors (Lipinski definition) is 6. The van der Waals surface area contributed by atoms with Crippen LogP contribution >= 0.6 is 0 Å². The molecule has 0 aliphatic heterocycles. The molecule has 3 aromatic heterocycles. The van der Waals surface area contributed by atoms with Gasteiger partial charge in [0.15, 0.2) is 11.5 Å². The van der Waals surface area contributed by atoms with Crippen LogP contribution in [0.2, 0.25) is 0 Å². The van der Waals surface area contributed by atoms with Gasteiger partial charge in [0.25, 0.3) is 0 Å². The maximum absolute atomic E-state index is 11.6. The van der Waals surface area contributed by atoms with Crippen LogP contribution in [0.15, 0.2) is 71.5 Å². The second-order valence-electron chi connectivity index (χ2n) is 7.23. The standard InChI is InChI=1S/C23H21N7O2/c1-25-23(31)28-16-7-4-14(5-8-16)20-13-27-22-21(26-12-17-3-2-10-32-17)29-18-11-15(24)6-9-19(18)30(20)22/h2-11,13H,12,24H2,1H3,(H,26,29)(H2,25,28,31). The molecule has 0 saturated heterocycles. The first-order valence-corrected chi connectivity index (χ1v) is 10.0. The number of carbonyl (C=O) groups is 1. The molecule has 3 heterocycles. The predicted molar refractivity (Wildman–Crippen MR) is 124 cm³/mol. The maximum atomic E-state index is 11.6. The Kier molecular flexibility index (Phi) is 4.83. The highest BCUT2D eigenvalue weighted by Gasteiger charge is 2.15. The van der Waals surface area contributed by atoms with Crippen LogP contribution in [0.25, 0.3) is 27.9 Å². The van der Waals surface area contributed by atoms with Crippen molar-refractivity contribution in [2.45, 2.75) is 6.54 Å². The normalized spacial score (nSPS) is 11.0. The zero-order chi connectivity index (χ0) is 22.1. The first-order chi connectivity index (χ1) is 15.6. The van der Waals surface area contributed by atoms with Crippen molar-refractivity contribution in [3.05, 3.63) is 72.8 Å². The molecule has 0 spiro atoms. The van der Waals surface area contributed by atoms with E-state index in [1.807, 2.05) is 65.2 Å². The Hall–Kier alpha value is -4.53. The van der Waals surface area contributed by atoms with E-state index < -0.39 is 0 Å². The molecule has 0 atom stereocenters. The van der Waals surface area contributed by atoms with E-state index in [2.05, 4.69) is 20.9 Å². The van der Waals surface area contributed by atoms with Gasteiger partial charge in [-0.2, -0.15) is 0 Å². The van der Waals surface area contributed by atoms with Gasteiger partial charge in [0.1, 0.15) is 5.76 Å². The largest absolute Gasteiger partial charge is 0.467 e. The highest BCUT2D eigenvalue weighted by molar-refractivity contribution is 5.90. The molecule has 0 aliphatic carbocycles. The lowest BCUT2D eigenvalue weighted by atomic mass is 10.1. The number of nitrogens with two attached hydrogens (primary N) is 1. The molecule has 160 valence electrons. The minimum atomic E-state index is -0.269. The second-order valence-corrected chi connectivity index (χ2v) is 7.23. The number of amides is 2. The molecular formula is C23H21N7O2. The Morgan fingerprint density at radius 1 is 1.16 bits per heavy atom. The summed E-state index contributed by atoms with van der Waals surface area (Å²) in [6.07, 6.45) is 3.45. The van der Waals surface area contributed by atoms with Crippen molar-refractivity contribution in [2.24, 2.45) is 0 Å². The Morgan fingerprint density at radius 3 is 2.75 bits per heavy atom. The van der Waals surface area contributed by atoms with Crippen LogP contribution in [0.4, 0.5) is 22.0 Å². The van der Waals surface area contributed by atoms with Crippen molar-refractivity contribution in [3.63, 3.8) is 0 Å². The number of nitrogens with zero attached hydrogens (tertiary/aromatic N) is 3. The molecule has 32 heavy (non-hydrogen) atoms. The van der Waals surface area contributed by atoms with Crippen molar-refractivity contribution < 1.29 is 9.21 Å². The molecule has 2 amide bonds. The van der Waals surface area contributed by atoms with Crippen molar-refractivity contribution in [3.8, 4) is 11.3 Å². The number of fused-ring (bicyclic) bond motifs is 3. The average Bonchev–Trinajstić information content (AvgIpc) is 3.48. The molecule has 5 aromatic rings. The first kappa shape index (κ1) is 19.4. The van der Waals surface area contributed by atoms with Crippen LogP contribution in [0.1, 0.15) is 5.76 Å². The number of imidazole rings is 1. The Labute approximate surface area is 183 Å². The summed E-state index contributed by atoms with van der Waals surface area (Å²) >= 11 is 0. The van der Waals surface area contributed by atoms with Crippen LogP contribution in [0.3, 0.4) is 0 Å². The van der Waals surface area contributed by atoms with Gasteiger partial charge >= 0.3 is 6.03 Å². The molecular weight excluding hydrogens is 406 g/mol. The zero-order valence-corrected chi connectivity index (χ0v) is 17.3. The van der Waals surface area contributed by atoms with Gasteiger partial charge in [0, 0.05) is 24.0 Å². The number of furan rings is 1. The number of aromatic nitrogens is 3. The van der Waals surface area contributed by atoms with Gasteiger partial charge in [-0.05, 0) is 42.5 Å². The summed E-state index contributed by atoms with van der Waals surface area (Å²) < 4.78 is 7.47. The number of carbonyl (C=O) groups excluding carboxylic acids is 1. The number of rotatable bonds is 5. The molecule has 0 unspecified atom stereocenters. The molecule has 5 rings (SSSR count). The molecule has 5 N–H and O–H groups in total. The third-order valence-electron chi connectivity index (χ3n) is 5.12. The number of nitrogen functional groups attached to an aromatic ring is 1. The summed E-state index contributed by atoms with van der Waals surface area (Å²) in [5, 5.41) is 8.62. The van der Waals surface area contributed by atoms with Gasteiger partial charge in [-0.15, -0.1) is 0 Å². The second kappa shape index (κ2) is 7.95. The van der Waals surface area contributed by atoms with E-state index in [0.29, 0.717) is 29.4 Å². The molecule has 0 radical (unpaired) electrons. The van der Waals surface area contributed by atoms with Gasteiger partial charge in [-0.25, -0.2) is 14.8 Å². The van der Waals surface area contributed by atoms with E-state index in [-0.39, 0.29) is 6.03 Å². The van der Waals surface area contributed by atoms with Gasteiger partial charge in [-0.1, -0.05) is 12.1 Å². The number of anilines is 3. The molecule has 2 aromatic carbocycles. The van der Waals surface area contributed by atoms with Crippen LogP contribution < -0.4 is 21.7 Å². The van der Waals surface area contributed by atoms with Crippen LogP contribution in [0, 0.1) is 0 Å². The number of benzene rings is 2. The number of nitrogens with one attached hydrogen (secondary N) is 3. The van der Waals surface area contributed by atoms with E-state index in [9.17, 15) is 4.79 Å². The number of hydrogen-bond donors (Lipinski definition) is 4. The smallest absolute Gasteiger partial charge is 0.318 e. The summed E-state index contributed by atoms with van der Waals surface area (Å²) in [5.41, 5.74) is 11.5. The fourth-order valence-electron chi connectivity index (χ4n) is 3.58. The zero-order valence-electron chi connectivity index (χ0n) is 17.3. The average molecular weight is 427 g/mol. The number of urea groups is 1. The molecule has 9 nitrogen and oxygen atoms in total. The van der Waals surface area contributed by atoms with Crippen molar-refractivity contribution in [1.29, 1.82) is 0 Å². The Morgan fingerprint density at radius 2 is 2.00 bits per heavy atom. The van der Waals surface area contributed by atoms with Gasteiger partial charge in [0.05, 0.1) is 35.7 Å². The molecule has 0 aliphatic rings. The molecule has 9 heteroatoms. The quantitative estimate of drug-likeness (QED) is 0.313. The fraction of sp³-hybridized carbons (Fsp3) is 0.0870. The maximum Gasteiger partial charge on any atom is 0.318 e. The van der Waals surface area contributed by atoms with Gasteiger partial charge < -0.3 is 26.1 Å². The highest BCUT2D eigenvalue weighted by Crippen LogP contribution is 2.30. The van der Waals surface area contributed by atoms with Crippen LogP contribution in [-0.2, 0) is 6.54 Å².